The minimum Gasteiger partial charge on any atom is -0.349 e. The summed E-state index contributed by atoms with van der Waals surface area (Å²) in [5, 5.41) is 11.2. The van der Waals surface area contributed by atoms with Crippen molar-refractivity contribution in [3.05, 3.63) is 35.4 Å². The fourth-order valence-corrected chi connectivity index (χ4v) is 3.35. The second-order valence-electron chi connectivity index (χ2n) is 7.84. The number of amides is 1. The summed E-state index contributed by atoms with van der Waals surface area (Å²) in [6.45, 7) is 6.63. The summed E-state index contributed by atoms with van der Waals surface area (Å²) < 4.78 is 29.6. The highest BCUT2D eigenvalue weighted by molar-refractivity contribution is 5.76. The summed E-state index contributed by atoms with van der Waals surface area (Å²) in [6.07, 6.45) is 3.08. The van der Waals surface area contributed by atoms with Crippen LogP contribution in [-0.4, -0.2) is 31.5 Å². The number of alkyl halides is 2. The van der Waals surface area contributed by atoms with Gasteiger partial charge >= 0.3 is 0 Å². The van der Waals surface area contributed by atoms with Gasteiger partial charge in [0.05, 0.1) is 12.6 Å². The summed E-state index contributed by atoms with van der Waals surface area (Å²) in [7, 11) is 0. The molecule has 1 amide bonds. The molecule has 3 rings (SSSR count). The van der Waals surface area contributed by atoms with Crippen LogP contribution in [0.25, 0.3) is 0 Å². The van der Waals surface area contributed by atoms with E-state index < -0.39 is 6.43 Å². The van der Waals surface area contributed by atoms with Crippen LogP contribution in [0.15, 0.2) is 18.5 Å². The van der Waals surface area contributed by atoms with Gasteiger partial charge in [-0.1, -0.05) is 20.8 Å². The number of nitrogens with zero attached hydrogens (tertiary/aromatic N) is 4. The number of hydrogen-bond acceptors (Lipinski definition) is 3. The minimum absolute atomic E-state index is 0.0409. The maximum atomic E-state index is 13.2. The number of aromatic nitrogens is 4. The fraction of sp³-hybridized carbons (Fsp3) is 0.611. The van der Waals surface area contributed by atoms with Crippen LogP contribution >= 0.6 is 0 Å². The molecule has 0 spiro atoms. The van der Waals surface area contributed by atoms with Crippen molar-refractivity contribution in [1.82, 2.24) is 24.9 Å². The predicted octanol–water partition coefficient (Wildman–Crippen LogP) is 2.74. The van der Waals surface area contributed by atoms with Crippen LogP contribution in [-0.2, 0) is 30.7 Å². The third kappa shape index (κ3) is 3.94. The van der Waals surface area contributed by atoms with E-state index in [0.717, 1.165) is 12.1 Å². The molecule has 0 aromatic carbocycles. The van der Waals surface area contributed by atoms with Gasteiger partial charge in [-0.05, 0) is 30.7 Å². The van der Waals surface area contributed by atoms with Gasteiger partial charge in [0.15, 0.2) is 0 Å². The van der Waals surface area contributed by atoms with Gasteiger partial charge in [-0.2, -0.15) is 10.2 Å². The fourth-order valence-electron chi connectivity index (χ4n) is 3.35. The van der Waals surface area contributed by atoms with Crippen molar-refractivity contribution in [2.45, 2.75) is 65.6 Å². The van der Waals surface area contributed by atoms with E-state index in [9.17, 15) is 13.6 Å². The average Bonchev–Trinajstić information content (AvgIpc) is 3.24. The average molecular weight is 365 g/mol. The molecule has 6 nitrogen and oxygen atoms in total. The highest BCUT2D eigenvalue weighted by Gasteiger charge is 2.30. The first-order valence-electron chi connectivity index (χ1n) is 8.89. The van der Waals surface area contributed by atoms with Gasteiger partial charge in [-0.3, -0.25) is 14.2 Å². The van der Waals surface area contributed by atoms with Crippen LogP contribution in [0.5, 0.6) is 0 Å². The topological polar surface area (TPSA) is 64.7 Å². The molecule has 0 fully saturated rings. The van der Waals surface area contributed by atoms with Gasteiger partial charge in [0.2, 0.25) is 5.91 Å². The van der Waals surface area contributed by atoms with Gasteiger partial charge in [0.1, 0.15) is 12.2 Å². The Labute approximate surface area is 151 Å². The van der Waals surface area contributed by atoms with Crippen molar-refractivity contribution < 1.29 is 13.6 Å². The molecule has 1 aliphatic carbocycles. The second kappa shape index (κ2) is 7.17. The molecule has 2 aromatic rings. The molecule has 0 radical (unpaired) electrons. The van der Waals surface area contributed by atoms with Crippen LogP contribution in [0.1, 0.15) is 50.6 Å². The number of rotatable bonds is 6. The summed E-state index contributed by atoms with van der Waals surface area (Å²) >= 11 is 0. The Hall–Kier alpha value is -2.25. The van der Waals surface area contributed by atoms with Crippen LogP contribution in [0.3, 0.4) is 0 Å². The number of hydrogen-bond donors (Lipinski definition) is 1. The standard InChI is InChI=1S/C18H25F2N5O/c1-18(2,3)14(10-24-9-5-8-21-24)22-15(26)11-25-13-7-4-6-12(13)16(23-25)17(19)20/h5,8-9,14,17H,4,6-7,10-11H2,1-3H3,(H,22,26)/t14-/m1/s1. The van der Waals surface area contributed by atoms with Crippen LogP contribution in [0, 0.1) is 5.41 Å². The molecule has 0 bridgehead atoms. The Bertz CT molecular complexity index is 761. The smallest absolute Gasteiger partial charge is 0.282 e. The quantitative estimate of drug-likeness (QED) is 0.856. The molecule has 142 valence electrons. The van der Waals surface area contributed by atoms with E-state index in [2.05, 4.69) is 15.5 Å². The molecule has 1 aliphatic rings. The Morgan fingerprint density at radius 2 is 2.12 bits per heavy atom. The molecule has 1 atom stereocenters. The molecular weight excluding hydrogens is 340 g/mol. The monoisotopic (exact) mass is 365 g/mol. The van der Waals surface area contributed by atoms with Crippen molar-refractivity contribution in [2.24, 2.45) is 5.41 Å². The first-order chi connectivity index (χ1) is 12.3. The number of fused-ring (bicyclic) bond motifs is 1. The van der Waals surface area contributed by atoms with E-state index in [-0.39, 0.29) is 29.6 Å². The number of nitrogens with one attached hydrogen (secondary N) is 1. The highest BCUT2D eigenvalue weighted by Crippen LogP contribution is 2.31. The molecule has 0 saturated carbocycles. The van der Waals surface area contributed by atoms with Crippen LogP contribution in [0.4, 0.5) is 8.78 Å². The van der Waals surface area contributed by atoms with E-state index in [4.69, 9.17) is 0 Å². The summed E-state index contributed by atoms with van der Waals surface area (Å²) in [5.74, 6) is -0.227. The Morgan fingerprint density at radius 1 is 1.35 bits per heavy atom. The normalized spacial score (nSPS) is 15.3. The number of carbonyl (C=O) groups is 1. The molecule has 0 saturated heterocycles. The predicted molar refractivity (Wildman–Crippen MR) is 92.8 cm³/mol. The number of carbonyl (C=O) groups excluding carboxylic acids is 1. The molecule has 2 heterocycles. The van der Waals surface area contributed by atoms with Crippen molar-refractivity contribution in [1.29, 1.82) is 0 Å². The molecule has 1 N–H and O–H groups in total. The largest absolute Gasteiger partial charge is 0.349 e. The van der Waals surface area contributed by atoms with E-state index >= 15 is 0 Å². The molecule has 0 unspecified atom stereocenters. The molecule has 26 heavy (non-hydrogen) atoms. The number of halogens is 2. The first kappa shape index (κ1) is 18.5. The molecule has 8 heteroatoms. The summed E-state index contributed by atoms with van der Waals surface area (Å²) in [6, 6.07) is 1.69. The van der Waals surface area contributed by atoms with E-state index in [1.165, 1.54) is 4.68 Å². The Morgan fingerprint density at radius 3 is 2.73 bits per heavy atom. The summed E-state index contributed by atoms with van der Waals surface area (Å²) in [5.41, 5.74) is 1.04. The van der Waals surface area contributed by atoms with E-state index in [1.54, 1.807) is 10.9 Å². The first-order valence-corrected chi connectivity index (χ1v) is 8.89. The lowest BCUT2D eigenvalue weighted by Crippen LogP contribution is -2.47. The second-order valence-corrected chi connectivity index (χ2v) is 7.84. The SMILES string of the molecule is CC(C)(C)[C@@H](Cn1cccn1)NC(=O)Cn1nc(C(F)F)c2c1CCC2. The molecule has 0 aliphatic heterocycles. The van der Waals surface area contributed by atoms with Gasteiger partial charge in [0.25, 0.3) is 6.43 Å². The van der Waals surface area contributed by atoms with Crippen molar-refractivity contribution in [3.63, 3.8) is 0 Å². The van der Waals surface area contributed by atoms with Crippen molar-refractivity contribution in [3.8, 4) is 0 Å². The zero-order valence-corrected chi connectivity index (χ0v) is 15.4. The maximum Gasteiger partial charge on any atom is 0.282 e. The van der Waals surface area contributed by atoms with Gasteiger partial charge in [-0.15, -0.1) is 0 Å². The highest BCUT2D eigenvalue weighted by atomic mass is 19.3. The van der Waals surface area contributed by atoms with Gasteiger partial charge in [-0.25, -0.2) is 8.78 Å². The Balaban J connectivity index is 1.72. The Kier molecular flexibility index (Phi) is 5.11. The van der Waals surface area contributed by atoms with Crippen LogP contribution in [0.2, 0.25) is 0 Å². The van der Waals surface area contributed by atoms with E-state index in [1.807, 2.05) is 33.0 Å². The maximum absolute atomic E-state index is 13.2. The minimum atomic E-state index is -2.60. The zero-order valence-electron chi connectivity index (χ0n) is 15.4. The van der Waals surface area contributed by atoms with Crippen LogP contribution < -0.4 is 5.32 Å². The van der Waals surface area contributed by atoms with Gasteiger partial charge in [0, 0.05) is 23.7 Å². The third-order valence-electron chi connectivity index (χ3n) is 4.85. The third-order valence-corrected chi connectivity index (χ3v) is 4.85. The van der Waals surface area contributed by atoms with E-state index in [0.29, 0.717) is 24.9 Å². The lowest BCUT2D eigenvalue weighted by atomic mass is 9.86. The molecular formula is C18H25F2N5O. The summed E-state index contributed by atoms with van der Waals surface area (Å²) in [4.78, 5) is 12.6. The van der Waals surface area contributed by atoms with Crippen molar-refractivity contribution >= 4 is 5.91 Å². The molecule has 2 aromatic heterocycles. The van der Waals surface area contributed by atoms with Crippen molar-refractivity contribution in [2.75, 3.05) is 0 Å². The zero-order chi connectivity index (χ0) is 18.9. The lowest BCUT2D eigenvalue weighted by molar-refractivity contribution is -0.123. The van der Waals surface area contributed by atoms with Gasteiger partial charge < -0.3 is 5.32 Å². The lowest BCUT2D eigenvalue weighted by Gasteiger charge is -2.31.